The van der Waals surface area contributed by atoms with E-state index in [2.05, 4.69) is 4.10 Å². The van der Waals surface area contributed by atoms with Crippen molar-refractivity contribution in [3.63, 3.8) is 0 Å². The molecule has 0 aromatic rings. The molecule has 0 amide bonds. The second-order valence-electron chi connectivity index (χ2n) is 1.32. The van der Waals surface area contributed by atoms with Crippen LogP contribution in [0.25, 0.3) is 0 Å². The molecule has 0 atom stereocenters. The van der Waals surface area contributed by atoms with Gasteiger partial charge in [-0.1, -0.05) is 0 Å². The van der Waals surface area contributed by atoms with Crippen molar-refractivity contribution in [3.8, 4) is 0 Å². The van der Waals surface area contributed by atoms with Crippen molar-refractivity contribution in [1.82, 2.24) is 0 Å². The van der Waals surface area contributed by atoms with Crippen molar-refractivity contribution >= 4 is 17.4 Å². The van der Waals surface area contributed by atoms with Gasteiger partial charge in [-0.05, 0) is 0 Å². The molecule has 0 rings (SSSR count). The Bertz CT molecular complexity index is 226. The normalized spacial score (nSPS) is 12.1. The zero-order valence-corrected chi connectivity index (χ0v) is 9.68. The molecule has 0 aliphatic carbocycles. The van der Waals surface area contributed by atoms with Crippen LogP contribution >= 0.6 is 0 Å². The minimum absolute atomic E-state index is 0. The van der Waals surface area contributed by atoms with E-state index in [4.69, 9.17) is 10.0 Å². The summed E-state index contributed by atoms with van der Waals surface area (Å²) in [6.45, 7) is 0. The third-order valence-electron chi connectivity index (χ3n) is 0.496. The molecular weight excluding hydrogens is 231 g/mol. The summed E-state index contributed by atoms with van der Waals surface area (Å²) >= 11 is 0. The Hall–Kier alpha value is 1.32. The van der Waals surface area contributed by atoms with E-state index in [1.807, 2.05) is 0 Å². The first-order valence-electron chi connectivity index (χ1n) is 2.02. The molecule has 0 fully saturated rings. The Balaban J connectivity index is -0.000000500. The largest absolute Gasteiger partial charge is 1.00 e. The first kappa shape index (κ1) is 15.8. The number of halogens is 3. The van der Waals surface area contributed by atoms with Crippen molar-refractivity contribution in [1.29, 1.82) is 0 Å². The van der Waals surface area contributed by atoms with Crippen molar-refractivity contribution in [2.75, 3.05) is 0 Å². The molecule has 0 saturated carbocycles. The predicted octanol–water partition coefficient (Wildman–Crippen LogP) is -4.06. The van der Waals surface area contributed by atoms with Crippen LogP contribution in [-0.2, 0) is 14.2 Å². The van der Waals surface area contributed by atoms with Gasteiger partial charge in [-0.15, -0.1) is 0 Å². The second kappa shape index (κ2) is 5.26. The smallest absolute Gasteiger partial charge is 1.00 e. The Morgan fingerprint density at radius 2 is 1.67 bits per heavy atom. The summed E-state index contributed by atoms with van der Waals surface area (Å²) < 4.78 is 56.1. The molecule has 0 heterocycles. The van der Waals surface area contributed by atoms with Crippen LogP contribution in [0.5, 0.6) is 0 Å². The molecule has 12 heavy (non-hydrogen) atoms. The van der Waals surface area contributed by atoms with Gasteiger partial charge in [0.2, 0.25) is 0 Å². The van der Waals surface area contributed by atoms with Gasteiger partial charge in [-0.2, -0.15) is 21.6 Å². The molecule has 0 spiro atoms. The van der Waals surface area contributed by atoms with Gasteiger partial charge in [0.05, 0.1) is 0 Å². The third-order valence-corrected chi connectivity index (χ3v) is 1.49. The molecule has 0 aromatic carbocycles. The first-order valence-corrected chi connectivity index (χ1v) is 3.43. The monoisotopic (exact) mass is 234 g/mol. The van der Waals surface area contributed by atoms with Crippen LogP contribution in [-0.4, -0.2) is 31.3 Å². The maximum absolute atomic E-state index is 11.3. The van der Waals surface area contributed by atoms with E-state index in [-0.39, 0.29) is 52.8 Å². The number of hydrogen-bond donors (Lipinski definition) is 2. The average Bonchev–Trinajstić information content (AvgIpc) is 1.56. The van der Waals surface area contributed by atoms with E-state index in [0.29, 0.717) is 0 Å². The van der Waals surface area contributed by atoms with E-state index in [1.165, 1.54) is 0 Å². The summed E-state index contributed by atoms with van der Waals surface area (Å²) in [4.78, 5) is 0. The summed E-state index contributed by atoms with van der Waals surface area (Å²) in [5, 5.41) is 15.4. The van der Waals surface area contributed by atoms with Gasteiger partial charge >= 0.3 is 74.3 Å². The van der Waals surface area contributed by atoms with Crippen LogP contribution in [0.2, 0.25) is 0 Å². The van der Waals surface area contributed by atoms with Crippen LogP contribution in [0.3, 0.4) is 0 Å². The molecule has 0 aliphatic rings. The molecule has 5 nitrogen and oxygen atoms in total. The van der Waals surface area contributed by atoms with E-state index < -0.39 is 22.9 Å². The van der Waals surface area contributed by atoms with E-state index >= 15 is 0 Å². The Kier molecular flexibility index (Phi) is 6.92. The predicted molar refractivity (Wildman–Crippen MR) is 27.4 cm³/mol. The van der Waals surface area contributed by atoms with Gasteiger partial charge in [-0.25, -0.2) is 0 Å². The summed E-state index contributed by atoms with van der Waals surface area (Å²) in [7, 11) is -8.90. The van der Waals surface area contributed by atoms with Crippen molar-refractivity contribution in [2.24, 2.45) is 0 Å². The number of hydrogen-bond acceptors (Lipinski definition) is 5. The molecule has 0 unspecified atom stereocenters. The maximum Gasteiger partial charge on any atom is 1.00 e. The molecular formula is CH3BF3KO5S. The van der Waals surface area contributed by atoms with Crippen molar-refractivity contribution in [2.45, 2.75) is 5.51 Å². The SMILES string of the molecule is O=S(=O)(OB(O)O)C(F)(F)F.[H-].[K+]. The van der Waals surface area contributed by atoms with Gasteiger partial charge in [0.15, 0.2) is 0 Å². The summed E-state index contributed by atoms with van der Waals surface area (Å²) in [6.07, 6.45) is 0. The molecule has 0 bridgehead atoms. The standard InChI is InChI=1S/CH2BF3O5S.K.H/c3-1(4,5)11(8,9)10-2(6)7;;/h6-7H;;/q;+1;-1. The summed E-state index contributed by atoms with van der Waals surface area (Å²) in [5.41, 5.74) is -5.64. The second-order valence-corrected chi connectivity index (χ2v) is 2.89. The average molecular weight is 234 g/mol. The zero-order chi connectivity index (χ0) is 9.28. The molecule has 11 heteroatoms. The van der Waals surface area contributed by atoms with Crippen LogP contribution in [0.1, 0.15) is 1.43 Å². The van der Waals surface area contributed by atoms with Crippen molar-refractivity contribution < 1.29 is 88.5 Å². The minimum atomic E-state index is -5.90. The van der Waals surface area contributed by atoms with Gasteiger partial charge in [0.1, 0.15) is 0 Å². The van der Waals surface area contributed by atoms with Crippen molar-refractivity contribution in [3.05, 3.63) is 0 Å². The van der Waals surface area contributed by atoms with Gasteiger partial charge in [0.25, 0.3) is 0 Å². The Morgan fingerprint density at radius 1 is 1.33 bits per heavy atom. The van der Waals surface area contributed by atoms with Gasteiger partial charge in [-0.3, -0.25) is 4.10 Å². The molecule has 0 aromatic heterocycles. The van der Waals surface area contributed by atoms with Crippen LogP contribution in [0.15, 0.2) is 0 Å². The summed E-state index contributed by atoms with van der Waals surface area (Å²) in [6, 6.07) is 0. The van der Waals surface area contributed by atoms with E-state index in [1.54, 1.807) is 0 Å². The first-order chi connectivity index (χ1) is 4.67. The topological polar surface area (TPSA) is 83.8 Å². The Morgan fingerprint density at radius 3 is 1.75 bits per heavy atom. The number of rotatable bonds is 2. The zero-order valence-electron chi connectivity index (χ0n) is 6.74. The molecule has 68 valence electrons. The Labute approximate surface area is 110 Å². The van der Waals surface area contributed by atoms with Crippen LogP contribution in [0, 0.1) is 0 Å². The minimum Gasteiger partial charge on any atom is -1.00 e. The maximum atomic E-state index is 11.3. The summed E-state index contributed by atoms with van der Waals surface area (Å²) in [5.74, 6) is 0. The van der Waals surface area contributed by atoms with E-state index in [0.717, 1.165) is 0 Å². The fourth-order valence-electron chi connectivity index (χ4n) is 0.168. The molecule has 0 aliphatic heterocycles. The quantitative estimate of drug-likeness (QED) is 0.375. The third kappa shape index (κ3) is 5.14. The van der Waals surface area contributed by atoms with Crippen LogP contribution < -0.4 is 51.4 Å². The van der Waals surface area contributed by atoms with Crippen LogP contribution in [0.4, 0.5) is 13.2 Å². The molecule has 0 radical (unpaired) electrons. The van der Waals surface area contributed by atoms with E-state index in [9.17, 15) is 21.6 Å². The van der Waals surface area contributed by atoms with Gasteiger partial charge < -0.3 is 11.5 Å². The molecule has 2 N–H and O–H groups in total. The fourth-order valence-corrected chi connectivity index (χ4v) is 0.504. The van der Waals surface area contributed by atoms with Gasteiger partial charge in [0, 0.05) is 0 Å². The number of alkyl halides is 3. The fraction of sp³-hybridized carbons (Fsp3) is 1.00. The molecule has 0 saturated heterocycles.